The largest absolute Gasteiger partial charge is 0.356 e. The summed E-state index contributed by atoms with van der Waals surface area (Å²) in [5.74, 6) is 0.254. The first kappa shape index (κ1) is 17.9. The third-order valence-corrected chi connectivity index (χ3v) is 6.04. The molecule has 0 aliphatic carbocycles. The molecule has 0 unspecified atom stereocenters. The fraction of sp³-hybridized carbons (Fsp3) is 0.588. The third kappa shape index (κ3) is 4.78. The zero-order valence-electron chi connectivity index (χ0n) is 13.9. The topological polar surface area (TPSA) is 66.5 Å². The zero-order chi connectivity index (χ0) is 16.9. The summed E-state index contributed by atoms with van der Waals surface area (Å²) in [5, 5.41) is 2.94. The second kappa shape index (κ2) is 7.93. The molecule has 0 aromatic heterocycles. The lowest BCUT2D eigenvalue weighted by Gasteiger charge is -2.31. The highest BCUT2D eigenvalue weighted by Crippen LogP contribution is 2.23. The lowest BCUT2D eigenvalue weighted by Crippen LogP contribution is -2.45. The number of carbonyl (C=O) groups excluding carboxylic acids is 1. The van der Waals surface area contributed by atoms with E-state index in [0.717, 1.165) is 12.8 Å². The third-order valence-electron chi connectivity index (χ3n) is 4.16. The number of sulfonamides is 1. The number of carbonyl (C=O) groups is 1. The molecule has 1 aliphatic heterocycles. The van der Waals surface area contributed by atoms with E-state index >= 15 is 0 Å². The molecule has 1 heterocycles. The number of rotatable bonds is 6. The molecule has 0 radical (unpaired) electrons. The zero-order valence-corrected chi connectivity index (χ0v) is 14.7. The average molecular weight is 338 g/mol. The molecule has 1 fully saturated rings. The van der Waals surface area contributed by atoms with E-state index in [0.29, 0.717) is 30.3 Å². The Hall–Kier alpha value is -1.40. The SMILES string of the molecule is CC(C)CCNC(=O)[C@H]1CCCN(S(=O)(=O)c2ccccc2)C1. The standard InChI is InChI=1S/C17H26N2O3S/c1-14(2)10-11-18-17(20)15-7-6-12-19(13-15)23(21,22)16-8-4-3-5-9-16/h3-5,8-9,14-15H,6-7,10-13H2,1-2H3,(H,18,20)/t15-/m0/s1. The van der Waals surface area contributed by atoms with Gasteiger partial charge >= 0.3 is 0 Å². The average Bonchev–Trinajstić information content (AvgIpc) is 2.55. The number of benzene rings is 1. The number of hydrogen-bond acceptors (Lipinski definition) is 3. The van der Waals surface area contributed by atoms with Crippen LogP contribution >= 0.6 is 0 Å². The van der Waals surface area contributed by atoms with Crippen molar-refractivity contribution in [3.05, 3.63) is 30.3 Å². The highest BCUT2D eigenvalue weighted by molar-refractivity contribution is 7.89. The molecule has 1 aliphatic rings. The van der Waals surface area contributed by atoms with E-state index in [2.05, 4.69) is 19.2 Å². The first-order valence-corrected chi connectivity index (χ1v) is 9.68. The Kier molecular flexibility index (Phi) is 6.18. The fourth-order valence-corrected chi connectivity index (χ4v) is 4.29. The number of hydrogen-bond donors (Lipinski definition) is 1. The van der Waals surface area contributed by atoms with Crippen molar-refractivity contribution in [3.8, 4) is 0 Å². The Morgan fingerprint density at radius 2 is 2.00 bits per heavy atom. The minimum atomic E-state index is -3.51. The van der Waals surface area contributed by atoms with Crippen molar-refractivity contribution < 1.29 is 13.2 Å². The van der Waals surface area contributed by atoms with E-state index in [-0.39, 0.29) is 18.4 Å². The summed E-state index contributed by atoms with van der Waals surface area (Å²) in [4.78, 5) is 12.5. The number of nitrogens with one attached hydrogen (secondary N) is 1. The second-order valence-corrected chi connectivity index (χ2v) is 8.43. The second-order valence-electron chi connectivity index (χ2n) is 6.49. The van der Waals surface area contributed by atoms with Crippen LogP contribution in [0.5, 0.6) is 0 Å². The van der Waals surface area contributed by atoms with Gasteiger partial charge in [0.05, 0.1) is 10.8 Å². The first-order valence-electron chi connectivity index (χ1n) is 8.24. The Morgan fingerprint density at radius 3 is 2.65 bits per heavy atom. The minimum absolute atomic E-state index is 0.0291. The van der Waals surface area contributed by atoms with Gasteiger partial charge < -0.3 is 5.32 Å². The summed E-state index contributed by atoms with van der Waals surface area (Å²) in [5.41, 5.74) is 0. The smallest absolute Gasteiger partial charge is 0.243 e. The van der Waals surface area contributed by atoms with Gasteiger partial charge in [-0.1, -0.05) is 32.0 Å². The molecule has 0 bridgehead atoms. The Morgan fingerprint density at radius 1 is 1.30 bits per heavy atom. The van der Waals surface area contributed by atoms with Crippen LogP contribution in [0.15, 0.2) is 35.2 Å². The van der Waals surface area contributed by atoms with E-state index in [1.807, 2.05) is 0 Å². The maximum absolute atomic E-state index is 12.7. The predicted octanol–water partition coefficient (Wildman–Crippen LogP) is 2.25. The summed E-state index contributed by atoms with van der Waals surface area (Å²) in [7, 11) is -3.51. The minimum Gasteiger partial charge on any atom is -0.356 e. The summed E-state index contributed by atoms with van der Waals surface area (Å²) >= 11 is 0. The van der Waals surface area contributed by atoms with Crippen LogP contribution in [0.2, 0.25) is 0 Å². The molecular formula is C17H26N2O3S. The van der Waals surface area contributed by atoms with Gasteiger partial charge in [0.25, 0.3) is 0 Å². The van der Waals surface area contributed by atoms with E-state index in [1.54, 1.807) is 30.3 Å². The van der Waals surface area contributed by atoms with E-state index in [4.69, 9.17) is 0 Å². The summed E-state index contributed by atoms with van der Waals surface area (Å²) < 4.78 is 26.7. The highest BCUT2D eigenvalue weighted by Gasteiger charge is 2.33. The van der Waals surface area contributed by atoms with E-state index in [1.165, 1.54) is 4.31 Å². The molecule has 1 amide bonds. The van der Waals surface area contributed by atoms with Crippen molar-refractivity contribution in [2.45, 2.75) is 38.0 Å². The van der Waals surface area contributed by atoms with Crippen molar-refractivity contribution in [2.24, 2.45) is 11.8 Å². The quantitative estimate of drug-likeness (QED) is 0.865. The van der Waals surface area contributed by atoms with Crippen molar-refractivity contribution in [1.82, 2.24) is 9.62 Å². The predicted molar refractivity (Wildman–Crippen MR) is 90.4 cm³/mol. The molecule has 23 heavy (non-hydrogen) atoms. The van der Waals surface area contributed by atoms with Crippen LogP contribution in [0.25, 0.3) is 0 Å². The Balaban J connectivity index is 1.99. The molecule has 1 N–H and O–H groups in total. The monoisotopic (exact) mass is 338 g/mol. The lowest BCUT2D eigenvalue weighted by atomic mass is 9.98. The van der Waals surface area contributed by atoms with Gasteiger partial charge in [-0.25, -0.2) is 8.42 Å². The van der Waals surface area contributed by atoms with Gasteiger partial charge in [-0.15, -0.1) is 0 Å². The first-order chi connectivity index (χ1) is 10.9. The van der Waals surface area contributed by atoms with Crippen molar-refractivity contribution in [2.75, 3.05) is 19.6 Å². The molecule has 128 valence electrons. The van der Waals surface area contributed by atoms with Crippen LogP contribution in [-0.2, 0) is 14.8 Å². The normalized spacial score (nSPS) is 19.7. The van der Waals surface area contributed by atoms with Gasteiger partial charge in [0.1, 0.15) is 0 Å². The van der Waals surface area contributed by atoms with Crippen LogP contribution < -0.4 is 5.32 Å². The van der Waals surface area contributed by atoms with Crippen LogP contribution in [0, 0.1) is 11.8 Å². The number of nitrogens with zero attached hydrogens (tertiary/aromatic N) is 1. The van der Waals surface area contributed by atoms with Crippen molar-refractivity contribution in [3.63, 3.8) is 0 Å². The van der Waals surface area contributed by atoms with Crippen LogP contribution in [0.1, 0.15) is 33.1 Å². The van der Waals surface area contributed by atoms with Crippen LogP contribution in [0.4, 0.5) is 0 Å². The molecule has 1 aromatic carbocycles. The van der Waals surface area contributed by atoms with Gasteiger partial charge in [0.2, 0.25) is 15.9 Å². The van der Waals surface area contributed by atoms with Gasteiger partial charge in [-0.3, -0.25) is 4.79 Å². The Bertz CT molecular complexity index is 614. The molecule has 5 nitrogen and oxygen atoms in total. The molecule has 0 spiro atoms. The highest BCUT2D eigenvalue weighted by atomic mass is 32.2. The summed E-state index contributed by atoms with van der Waals surface area (Å²) in [6.07, 6.45) is 2.40. The van der Waals surface area contributed by atoms with Crippen molar-refractivity contribution >= 4 is 15.9 Å². The molecular weight excluding hydrogens is 312 g/mol. The summed E-state index contributed by atoms with van der Waals surface area (Å²) in [6, 6.07) is 8.42. The lowest BCUT2D eigenvalue weighted by molar-refractivity contribution is -0.126. The molecule has 1 aromatic rings. The summed E-state index contributed by atoms with van der Waals surface area (Å²) in [6.45, 7) is 5.62. The molecule has 2 rings (SSSR count). The van der Waals surface area contributed by atoms with Crippen LogP contribution in [0.3, 0.4) is 0 Å². The van der Waals surface area contributed by atoms with Gasteiger partial charge in [0.15, 0.2) is 0 Å². The van der Waals surface area contributed by atoms with E-state index in [9.17, 15) is 13.2 Å². The van der Waals surface area contributed by atoms with Crippen molar-refractivity contribution in [1.29, 1.82) is 0 Å². The van der Waals surface area contributed by atoms with Gasteiger partial charge in [-0.05, 0) is 37.3 Å². The molecule has 6 heteroatoms. The molecule has 1 saturated heterocycles. The van der Waals surface area contributed by atoms with E-state index < -0.39 is 10.0 Å². The number of piperidine rings is 1. The molecule has 1 atom stereocenters. The maximum Gasteiger partial charge on any atom is 0.243 e. The van der Waals surface area contributed by atoms with Gasteiger partial charge in [0, 0.05) is 19.6 Å². The molecule has 0 saturated carbocycles. The maximum atomic E-state index is 12.7. The Labute approximate surface area is 139 Å². The number of amides is 1. The fourth-order valence-electron chi connectivity index (χ4n) is 2.74. The van der Waals surface area contributed by atoms with Crippen LogP contribution in [-0.4, -0.2) is 38.3 Å². The van der Waals surface area contributed by atoms with Gasteiger partial charge in [-0.2, -0.15) is 4.31 Å².